The number of morpholine rings is 2. The SMILES string of the molecule is Cc1ccc(CN2CCOC(CN(CCN3CCOCC3)C(=O)Cc3ccccc3)C2)cc1. The van der Waals surface area contributed by atoms with Crippen molar-refractivity contribution in [2.24, 2.45) is 0 Å². The summed E-state index contributed by atoms with van der Waals surface area (Å²) in [6.07, 6.45) is 0.470. The first kappa shape index (κ1) is 23.9. The molecule has 1 amide bonds. The number of carbonyl (C=O) groups is 1. The second-order valence-corrected chi connectivity index (χ2v) is 9.17. The van der Waals surface area contributed by atoms with Gasteiger partial charge in [0.05, 0.1) is 32.3 Å². The van der Waals surface area contributed by atoms with Crippen molar-refractivity contribution in [3.05, 3.63) is 71.3 Å². The Hall–Kier alpha value is -2.25. The van der Waals surface area contributed by atoms with Gasteiger partial charge in [0.15, 0.2) is 0 Å². The third-order valence-electron chi connectivity index (χ3n) is 6.51. The molecule has 0 spiro atoms. The lowest BCUT2D eigenvalue weighted by molar-refractivity contribution is -0.134. The highest BCUT2D eigenvalue weighted by atomic mass is 16.5. The monoisotopic (exact) mass is 451 g/mol. The van der Waals surface area contributed by atoms with E-state index in [0.717, 1.165) is 64.6 Å². The maximum absolute atomic E-state index is 13.3. The molecular weight excluding hydrogens is 414 g/mol. The number of benzene rings is 2. The van der Waals surface area contributed by atoms with Gasteiger partial charge in [-0.2, -0.15) is 0 Å². The minimum Gasteiger partial charge on any atom is -0.379 e. The quantitative estimate of drug-likeness (QED) is 0.587. The van der Waals surface area contributed by atoms with E-state index in [1.54, 1.807) is 0 Å². The summed E-state index contributed by atoms with van der Waals surface area (Å²) >= 11 is 0. The van der Waals surface area contributed by atoms with Crippen LogP contribution in [0.25, 0.3) is 0 Å². The van der Waals surface area contributed by atoms with Gasteiger partial charge in [-0.05, 0) is 18.1 Å². The molecule has 2 heterocycles. The summed E-state index contributed by atoms with van der Waals surface area (Å²) < 4.78 is 11.6. The number of amides is 1. The third-order valence-corrected chi connectivity index (χ3v) is 6.51. The van der Waals surface area contributed by atoms with Crippen molar-refractivity contribution >= 4 is 5.91 Å². The van der Waals surface area contributed by atoms with Crippen molar-refractivity contribution in [1.82, 2.24) is 14.7 Å². The summed E-state index contributed by atoms with van der Waals surface area (Å²) in [4.78, 5) is 20.1. The van der Waals surface area contributed by atoms with E-state index in [1.165, 1.54) is 11.1 Å². The molecule has 0 aliphatic carbocycles. The normalized spacial score (nSPS) is 20.0. The number of ether oxygens (including phenoxy) is 2. The highest BCUT2D eigenvalue weighted by Crippen LogP contribution is 2.14. The Balaban J connectivity index is 1.36. The van der Waals surface area contributed by atoms with Crippen molar-refractivity contribution in [3.63, 3.8) is 0 Å². The fourth-order valence-corrected chi connectivity index (χ4v) is 4.52. The van der Waals surface area contributed by atoms with Crippen LogP contribution in [0.1, 0.15) is 16.7 Å². The molecule has 2 aromatic rings. The fourth-order valence-electron chi connectivity index (χ4n) is 4.52. The van der Waals surface area contributed by atoms with Gasteiger partial charge in [-0.25, -0.2) is 0 Å². The first-order valence-electron chi connectivity index (χ1n) is 12.2. The van der Waals surface area contributed by atoms with Crippen LogP contribution >= 0.6 is 0 Å². The summed E-state index contributed by atoms with van der Waals surface area (Å²) in [6.45, 7) is 11.2. The molecule has 2 aliphatic heterocycles. The van der Waals surface area contributed by atoms with Crippen LogP contribution in [0.5, 0.6) is 0 Å². The predicted molar refractivity (Wildman–Crippen MR) is 130 cm³/mol. The molecule has 6 nitrogen and oxygen atoms in total. The van der Waals surface area contributed by atoms with E-state index in [9.17, 15) is 4.79 Å². The van der Waals surface area contributed by atoms with Crippen molar-refractivity contribution in [2.75, 3.05) is 65.6 Å². The molecule has 2 aromatic carbocycles. The predicted octanol–water partition coefficient (Wildman–Crippen LogP) is 2.60. The number of carbonyl (C=O) groups excluding carboxylic acids is 1. The van der Waals surface area contributed by atoms with Gasteiger partial charge in [0, 0.05) is 52.4 Å². The molecule has 33 heavy (non-hydrogen) atoms. The van der Waals surface area contributed by atoms with Crippen LogP contribution in [0.3, 0.4) is 0 Å². The summed E-state index contributed by atoms with van der Waals surface area (Å²) in [5.41, 5.74) is 3.67. The zero-order chi connectivity index (χ0) is 22.9. The lowest BCUT2D eigenvalue weighted by atomic mass is 10.1. The van der Waals surface area contributed by atoms with Gasteiger partial charge in [-0.15, -0.1) is 0 Å². The molecule has 2 fully saturated rings. The molecule has 1 atom stereocenters. The minimum absolute atomic E-state index is 0.0358. The smallest absolute Gasteiger partial charge is 0.227 e. The Morgan fingerprint density at radius 1 is 0.939 bits per heavy atom. The van der Waals surface area contributed by atoms with Crippen LogP contribution in [-0.4, -0.2) is 92.3 Å². The molecule has 0 saturated carbocycles. The number of hydrogen-bond donors (Lipinski definition) is 0. The summed E-state index contributed by atoms with van der Waals surface area (Å²) in [5, 5.41) is 0. The third kappa shape index (κ3) is 7.64. The van der Waals surface area contributed by atoms with Crippen LogP contribution in [-0.2, 0) is 27.2 Å². The Kier molecular flexibility index (Phi) is 8.89. The van der Waals surface area contributed by atoms with E-state index in [0.29, 0.717) is 19.6 Å². The number of nitrogens with zero attached hydrogens (tertiary/aromatic N) is 3. The summed E-state index contributed by atoms with van der Waals surface area (Å²) in [7, 11) is 0. The van der Waals surface area contributed by atoms with E-state index in [4.69, 9.17) is 9.47 Å². The number of hydrogen-bond acceptors (Lipinski definition) is 5. The van der Waals surface area contributed by atoms with Crippen molar-refractivity contribution in [2.45, 2.75) is 26.0 Å². The molecular formula is C27H37N3O3. The Morgan fingerprint density at radius 2 is 1.67 bits per heavy atom. The molecule has 178 valence electrons. The zero-order valence-electron chi connectivity index (χ0n) is 19.8. The van der Waals surface area contributed by atoms with E-state index >= 15 is 0 Å². The summed E-state index contributed by atoms with van der Waals surface area (Å²) in [5.74, 6) is 0.175. The van der Waals surface area contributed by atoms with E-state index in [1.807, 2.05) is 35.2 Å². The molecule has 6 heteroatoms. The van der Waals surface area contributed by atoms with Crippen LogP contribution in [0.4, 0.5) is 0 Å². The Labute approximate surface area is 198 Å². The first-order chi connectivity index (χ1) is 16.2. The Bertz CT molecular complexity index is 853. The van der Waals surface area contributed by atoms with E-state index in [2.05, 4.69) is 41.0 Å². The van der Waals surface area contributed by atoms with Gasteiger partial charge in [-0.3, -0.25) is 14.6 Å². The molecule has 0 aromatic heterocycles. The topological polar surface area (TPSA) is 45.2 Å². The van der Waals surface area contributed by atoms with Gasteiger partial charge in [0.2, 0.25) is 5.91 Å². The first-order valence-corrected chi connectivity index (χ1v) is 12.2. The highest BCUT2D eigenvalue weighted by molar-refractivity contribution is 5.78. The van der Waals surface area contributed by atoms with Gasteiger partial charge in [-0.1, -0.05) is 60.2 Å². The van der Waals surface area contributed by atoms with Crippen molar-refractivity contribution in [1.29, 1.82) is 0 Å². The molecule has 0 N–H and O–H groups in total. The molecule has 1 unspecified atom stereocenters. The minimum atomic E-state index is 0.0358. The molecule has 0 bridgehead atoms. The highest BCUT2D eigenvalue weighted by Gasteiger charge is 2.26. The largest absolute Gasteiger partial charge is 0.379 e. The van der Waals surface area contributed by atoms with Crippen LogP contribution in [0.15, 0.2) is 54.6 Å². The molecule has 2 aliphatic rings. The van der Waals surface area contributed by atoms with Crippen LogP contribution < -0.4 is 0 Å². The van der Waals surface area contributed by atoms with Crippen molar-refractivity contribution < 1.29 is 14.3 Å². The average Bonchev–Trinajstić information content (AvgIpc) is 2.85. The van der Waals surface area contributed by atoms with Crippen LogP contribution in [0.2, 0.25) is 0 Å². The zero-order valence-corrected chi connectivity index (χ0v) is 19.8. The summed E-state index contributed by atoms with van der Waals surface area (Å²) in [6, 6.07) is 18.8. The molecule has 4 rings (SSSR count). The Morgan fingerprint density at radius 3 is 2.42 bits per heavy atom. The van der Waals surface area contributed by atoms with Gasteiger partial charge < -0.3 is 14.4 Å². The van der Waals surface area contributed by atoms with Crippen LogP contribution in [0, 0.1) is 6.92 Å². The van der Waals surface area contributed by atoms with Gasteiger partial charge in [0.25, 0.3) is 0 Å². The second-order valence-electron chi connectivity index (χ2n) is 9.17. The number of rotatable bonds is 9. The van der Waals surface area contributed by atoms with E-state index in [-0.39, 0.29) is 12.0 Å². The lowest BCUT2D eigenvalue weighted by Crippen LogP contribution is -2.50. The maximum Gasteiger partial charge on any atom is 0.227 e. The maximum atomic E-state index is 13.3. The lowest BCUT2D eigenvalue weighted by Gasteiger charge is -2.37. The second kappa shape index (κ2) is 12.3. The fraction of sp³-hybridized carbons (Fsp3) is 0.519. The van der Waals surface area contributed by atoms with E-state index < -0.39 is 0 Å². The standard InChI is InChI=1S/C27H37N3O3/c1-23-7-9-25(10-8-23)20-29-15-18-33-26(21-29)22-30(12-11-28-13-16-32-17-14-28)27(31)19-24-5-3-2-4-6-24/h2-10,26H,11-22H2,1H3. The molecule has 0 radical (unpaired) electrons. The van der Waals surface area contributed by atoms with Gasteiger partial charge in [0.1, 0.15) is 0 Å². The number of aryl methyl sites for hydroxylation is 1. The van der Waals surface area contributed by atoms with Crippen molar-refractivity contribution in [3.8, 4) is 0 Å². The van der Waals surface area contributed by atoms with Gasteiger partial charge >= 0.3 is 0 Å². The average molecular weight is 452 g/mol. The molecule has 2 saturated heterocycles.